The zero-order chi connectivity index (χ0) is 38.9. The quantitative estimate of drug-likeness (QED) is 0.169. The first-order valence-electron chi connectivity index (χ1n) is 20.1. The third-order valence-corrected chi connectivity index (χ3v) is 11.8. The van der Waals surface area contributed by atoms with Crippen molar-refractivity contribution >= 4 is 82.5 Å². The molecule has 0 bridgehead atoms. The highest BCUT2D eigenvalue weighted by molar-refractivity contribution is 6.19. The number of rotatable bonds is 6. The third kappa shape index (κ3) is 5.59. The van der Waals surface area contributed by atoms with Crippen LogP contribution in [0.15, 0.2) is 221 Å². The molecule has 0 spiro atoms. The number of hydrogen-bond acceptors (Lipinski definition) is 3. The lowest BCUT2D eigenvalue weighted by molar-refractivity contribution is 0.669. The number of fused-ring (bicyclic) bond motifs is 9. The Bertz CT molecular complexity index is 3550. The van der Waals surface area contributed by atoms with Crippen LogP contribution in [-0.4, -0.2) is 0 Å². The third-order valence-electron chi connectivity index (χ3n) is 11.8. The molecule has 3 heteroatoms. The van der Waals surface area contributed by atoms with Gasteiger partial charge >= 0.3 is 0 Å². The summed E-state index contributed by atoms with van der Waals surface area (Å²) in [6, 6.07) is 75.9. The average molecular weight is 754 g/mol. The number of hydrogen-bond donors (Lipinski definition) is 0. The van der Waals surface area contributed by atoms with Crippen LogP contribution >= 0.6 is 0 Å². The van der Waals surface area contributed by atoms with Gasteiger partial charge in [-0.25, -0.2) is 0 Å². The van der Waals surface area contributed by atoms with Gasteiger partial charge in [0.1, 0.15) is 22.3 Å². The van der Waals surface area contributed by atoms with E-state index in [1.165, 1.54) is 21.7 Å². The number of nitrogens with zero attached hydrogens (tertiary/aromatic N) is 1. The predicted molar refractivity (Wildman–Crippen MR) is 247 cm³/mol. The Balaban J connectivity index is 0.964. The maximum Gasteiger partial charge on any atom is 0.143 e. The Hall–Kier alpha value is -7.88. The summed E-state index contributed by atoms with van der Waals surface area (Å²) in [5.41, 5.74) is 13.8. The van der Waals surface area contributed by atoms with Crippen LogP contribution in [0.25, 0.3) is 98.8 Å². The fourth-order valence-electron chi connectivity index (χ4n) is 8.93. The number of para-hydroxylation sites is 1. The second kappa shape index (κ2) is 13.4. The molecule has 2 aromatic heterocycles. The average Bonchev–Trinajstić information content (AvgIpc) is 3.88. The number of benzene rings is 10. The minimum Gasteiger partial charge on any atom is -0.456 e. The Morgan fingerprint density at radius 3 is 1.75 bits per heavy atom. The Morgan fingerprint density at radius 2 is 0.898 bits per heavy atom. The molecular weight excluding hydrogens is 719 g/mol. The van der Waals surface area contributed by atoms with E-state index in [0.29, 0.717) is 0 Å². The highest BCUT2D eigenvalue weighted by Gasteiger charge is 2.18. The molecule has 0 aliphatic rings. The minimum absolute atomic E-state index is 0.894. The summed E-state index contributed by atoms with van der Waals surface area (Å²) < 4.78 is 12.7. The first kappa shape index (κ1) is 33.3. The van der Waals surface area contributed by atoms with Gasteiger partial charge in [-0.1, -0.05) is 140 Å². The molecule has 0 saturated carbocycles. The van der Waals surface area contributed by atoms with Gasteiger partial charge in [0, 0.05) is 44.0 Å². The van der Waals surface area contributed by atoms with Gasteiger partial charge in [0.25, 0.3) is 0 Å². The lowest BCUT2D eigenvalue weighted by Crippen LogP contribution is -2.10. The molecule has 276 valence electrons. The second-order valence-corrected chi connectivity index (χ2v) is 15.3. The molecule has 0 N–H and O–H groups in total. The van der Waals surface area contributed by atoms with Crippen molar-refractivity contribution in [3.63, 3.8) is 0 Å². The molecule has 59 heavy (non-hydrogen) atoms. The Labute approximate surface area is 340 Å². The standard InChI is InChI=1S/C56H35NO2/c1-2-11-40-33-42(20-19-36(40)9-1)41-12-7-13-46(34-41)57(44-27-21-37(22-28-44)43-26-32-53-51(35-43)49-15-5-6-17-52(49)58-53)45-29-23-39(24-30-45)47-16-8-18-54-55(47)50-31-25-38-10-3-4-14-48(38)56(50)59-54/h1-35H. The summed E-state index contributed by atoms with van der Waals surface area (Å²) in [6.45, 7) is 0. The fraction of sp³-hybridized carbons (Fsp3) is 0. The smallest absolute Gasteiger partial charge is 0.143 e. The highest BCUT2D eigenvalue weighted by Crippen LogP contribution is 2.42. The number of furan rings is 2. The summed E-state index contributed by atoms with van der Waals surface area (Å²) in [7, 11) is 0. The van der Waals surface area contributed by atoms with Gasteiger partial charge in [0.2, 0.25) is 0 Å². The first-order chi connectivity index (χ1) is 29.2. The van der Waals surface area contributed by atoms with E-state index in [2.05, 4.69) is 205 Å². The molecule has 0 aliphatic carbocycles. The van der Waals surface area contributed by atoms with E-state index in [1.54, 1.807) is 0 Å². The molecule has 12 rings (SSSR count). The predicted octanol–water partition coefficient (Wildman–Crippen LogP) is 16.3. The van der Waals surface area contributed by atoms with Crippen LogP contribution in [-0.2, 0) is 0 Å². The molecule has 0 fully saturated rings. The van der Waals surface area contributed by atoms with Crippen LogP contribution in [0.5, 0.6) is 0 Å². The molecular formula is C56H35NO2. The number of anilines is 3. The van der Waals surface area contributed by atoms with Gasteiger partial charge in [-0.15, -0.1) is 0 Å². The Kier molecular flexibility index (Phi) is 7.54. The lowest BCUT2D eigenvalue weighted by atomic mass is 9.97. The van der Waals surface area contributed by atoms with Crippen LogP contribution in [0, 0.1) is 0 Å². The van der Waals surface area contributed by atoms with E-state index in [9.17, 15) is 0 Å². The van der Waals surface area contributed by atoms with Crippen molar-refractivity contribution in [2.24, 2.45) is 0 Å². The van der Waals surface area contributed by atoms with Gasteiger partial charge in [-0.05, 0) is 122 Å². The van der Waals surface area contributed by atoms with E-state index in [-0.39, 0.29) is 0 Å². The van der Waals surface area contributed by atoms with Gasteiger partial charge < -0.3 is 13.7 Å². The molecule has 2 heterocycles. The van der Waals surface area contributed by atoms with Crippen molar-refractivity contribution in [3.05, 3.63) is 212 Å². The normalized spacial score (nSPS) is 11.7. The van der Waals surface area contributed by atoms with E-state index in [0.717, 1.165) is 94.1 Å². The SMILES string of the molecule is c1cc(-c2ccc3ccccc3c2)cc(N(c2ccc(-c3ccc4oc5ccccc5c4c3)cc2)c2ccc(-c3cccc4oc5c6ccccc6ccc5c34)cc2)c1. The molecule has 0 amide bonds. The topological polar surface area (TPSA) is 29.5 Å². The summed E-state index contributed by atoms with van der Waals surface area (Å²) in [5, 5.41) is 9.30. The summed E-state index contributed by atoms with van der Waals surface area (Å²) >= 11 is 0. The van der Waals surface area contributed by atoms with Crippen LogP contribution in [0.1, 0.15) is 0 Å². The van der Waals surface area contributed by atoms with Crippen LogP contribution < -0.4 is 4.90 Å². The summed E-state index contributed by atoms with van der Waals surface area (Å²) in [6.07, 6.45) is 0. The largest absolute Gasteiger partial charge is 0.456 e. The summed E-state index contributed by atoms with van der Waals surface area (Å²) in [5.74, 6) is 0. The van der Waals surface area contributed by atoms with Crippen molar-refractivity contribution < 1.29 is 8.83 Å². The van der Waals surface area contributed by atoms with Crippen molar-refractivity contribution in [3.8, 4) is 33.4 Å². The first-order valence-corrected chi connectivity index (χ1v) is 20.1. The molecule has 12 aromatic rings. The lowest BCUT2D eigenvalue weighted by Gasteiger charge is -2.26. The van der Waals surface area contributed by atoms with E-state index in [1.807, 2.05) is 12.1 Å². The molecule has 0 atom stereocenters. The van der Waals surface area contributed by atoms with Crippen LogP contribution in [0.3, 0.4) is 0 Å². The van der Waals surface area contributed by atoms with Crippen LogP contribution in [0.2, 0.25) is 0 Å². The maximum absolute atomic E-state index is 6.54. The molecule has 0 aliphatic heterocycles. The molecule has 10 aromatic carbocycles. The Morgan fingerprint density at radius 1 is 0.288 bits per heavy atom. The molecule has 3 nitrogen and oxygen atoms in total. The maximum atomic E-state index is 6.54. The minimum atomic E-state index is 0.894. The van der Waals surface area contributed by atoms with Crippen molar-refractivity contribution in [2.45, 2.75) is 0 Å². The second-order valence-electron chi connectivity index (χ2n) is 15.3. The van der Waals surface area contributed by atoms with Crippen molar-refractivity contribution in [1.29, 1.82) is 0 Å². The monoisotopic (exact) mass is 753 g/mol. The zero-order valence-electron chi connectivity index (χ0n) is 32.0. The fourth-order valence-corrected chi connectivity index (χ4v) is 8.93. The zero-order valence-corrected chi connectivity index (χ0v) is 32.0. The molecule has 0 unspecified atom stereocenters. The van der Waals surface area contributed by atoms with E-state index >= 15 is 0 Å². The van der Waals surface area contributed by atoms with E-state index in [4.69, 9.17) is 8.83 Å². The summed E-state index contributed by atoms with van der Waals surface area (Å²) in [4.78, 5) is 2.35. The van der Waals surface area contributed by atoms with E-state index < -0.39 is 0 Å². The van der Waals surface area contributed by atoms with Crippen molar-refractivity contribution in [1.82, 2.24) is 0 Å². The van der Waals surface area contributed by atoms with Crippen LogP contribution in [0.4, 0.5) is 17.1 Å². The molecule has 0 radical (unpaired) electrons. The van der Waals surface area contributed by atoms with Gasteiger partial charge in [-0.2, -0.15) is 0 Å². The van der Waals surface area contributed by atoms with Crippen molar-refractivity contribution in [2.75, 3.05) is 4.90 Å². The van der Waals surface area contributed by atoms with Gasteiger partial charge in [0.05, 0.1) is 0 Å². The molecule has 0 saturated heterocycles. The van der Waals surface area contributed by atoms with Gasteiger partial charge in [-0.3, -0.25) is 0 Å². The highest BCUT2D eigenvalue weighted by atomic mass is 16.3. The van der Waals surface area contributed by atoms with Gasteiger partial charge in [0.15, 0.2) is 0 Å².